The topological polar surface area (TPSA) is 231 Å². The number of fused-ring (bicyclic) bond motifs is 1. The summed E-state index contributed by atoms with van der Waals surface area (Å²) in [6.07, 6.45) is -13.0. The van der Waals surface area contributed by atoms with Crippen molar-refractivity contribution in [2.24, 2.45) is 11.8 Å². The zero-order valence-corrected chi connectivity index (χ0v) is 23.0. The van der Waals surface area contributed by atoms with Gasteiger partial charge in [-0.2, -0.15) is 0 Å². The predicted octanol–water partition coefficient (Wildman–Crippen LogP) is -2.71. The number of carboxylic acids is 1. The fourth-order valence-electron chi connectivity index (χ4n) is 6.58. The summed E-state index contributed by atoms with van der Waals surface area (Å²) in [6.45, 7) is -0.603. The average molecular weight is 595 g/mol. The third-order valence-corrected chi connectivity index (χ3v) is 8.78. The van der Waals surface area contributed by atoms with Crippen LogP contribution in [0.1, 0.15) is 38.5 Å². The zero-order valence-electron chi connectivity index (χ0n) is 23.0. The summed E-state index contributed by atoms with van der Waals surface area (Å²) in [6, 6.07) is 0. The second-order valence-electron chi connectivity index (χ2n) is 11.4. The fraction of sp³-hybridized carbons (Fsp3) is 0.923. The maximum absolute atomic E-state index is 11.7. The van der Waals surface area contributed by atoms with E-state index in [2.05, 4.69) is 0 Å². The van der Waals surface area contributed by atoms with Gasteiger partial charge in [-0.25, -0.2) is 0 Å². The van der Waals surface area contributed by atoms with Crippen molar-refractivity contribution in [1.29, 1.82) is 0 Å². The summed E-state index contributed by atoms with van der Waals surface area (Å²) in [5, 5.41) is 72.0. The van der Waals surface area contributed by atoms with E-state index in [9.17, 15) is 40.2 Å². The molecule has 0 amide bonds. The Kier molecular flexibility index (Phi) is 11.0. The molecule has 15 heteroatoms. The number of carboxylic acid groups (broad SMARTS) is 1. The van der Waals surface area contributed by atoms with E-state index in [0.717, 1.165) is 0 Å². The minimum atomic E-state index is -1.75. The number of aliphatic carboxylic acids is 1. The zero-order chi connectivity index (χ0) is 30.0. The van der Waals surface area contributed by atoms with Crippen LogP contribution in [0.5, 0.6) is 0 Å². The van der Waals surface area contributed by atoms with Crippen molar-refractivity contribution in [1.82, 2.24) is 0 Å². The lowest BCUT2D eigenvalue weighted by molar-refractivity contribution is -0.334. The molecule has 2 aliphatic carbocycles. The molecule has 4 aliphatic rings. The van der Waals surface area contributed by atoms with Crippen LogP contribution >= 0.6 is 0 Å². The number of carbonyl (C=O) groups excluding carboxylic acids is 1. The molecule has 0 radical (unpaired) electrons. The Labute approximate surface area is 236 Å². The van der Waals surface area contributed by atoms with Gasteiger partial charge in [0.15, 0.2) is 6.29 Å². The number of esters is 1. The smallest absolute Gasteiger partial charge is 0.317 e. The molecular weight excluding hydrogens is 552 g/mol. The largest absolute Gasteiger partial charge is 0.481 e. The molecule has 41 heavy (non-hydrogen) atoms. The first-order valence-corrected chi connectivity index (χ1v) is 13.9. The summed E-state index contributed by atoms with van der Waals surface area (Å²) < 4.78 is 34.2. The summed E-state index contributed by atoms with van der Waals surface area (Å²) in [5.74, 6) is -3.17. The minimum absolute atomic E-state index is 0.159. The number of aliphatic hydroxyl groups excluding tert-OH is 6. The predicted molar refractivity (Wildman–Crippen MR) is 133 cm³/mol. The van der Waals surface area contributed by atoms with Crippen LogP contribution in [0.4, 0.5) is 0 Å². The normalized spacial score (nSPS) is 46.9. The first kappa shape index (κ1) is 32.4. The molecule has 4 rings (SSSR count). The Bertz CT molecular complexity index is 875. The third kappa shape index (κ3) is 7.36. The van der Waals surface area contributed by atoms with E-state index in [1.54, 1.807) is 0 Å². The van der Waals surface area contributed by atoms with Crippen LogP contribution in [-0.2, 0) is 38.0 Å². The van der Waals surface area contributed by atoms with E-state index in [1.807, 2.05) is 0 Å². The van der Waals surface area contributed by atoms with Gasteiger partial charge in [-0.05, 0) is 38.0 Å². The standard InChI is InChI=1S/C26H42O15/c1-36-15-3-10(4-16(37-2)21(15)32)25-17(7-12-13(28)5-11(27)6-14(12)39-25)40-26-24(35)23(34)22(33)18(41-26)9-38-20(31)8-19(29)30/h10-18,21-28,32-35H,3-9H2,1-2H3,(H,29,30). The van der Waals surface area contributed by atoms with Gasteiger partial charge in [0.2, 0.25) is 0 Å². The molecule has 7 N–H and O–H groups in total. The lowest BCUT2D eigenvalue weighted by atomic mass is 9.72. The van der Waals surface area contributed by atoms with E-state index < -0.39 is 110 Å². The maximum atomic E-state index is 11.7. The molecule has 0 aromatic carbocycles. The highest BCUT2D eigenvalue weighted by molar-refractivity contribution is 5.90. The van der Waals surface area contributed by atoms with Crippen molar-refractivity contribution in [3.05, 3.63) is 0 Å². The van der Waals surface area contributed by atoms with Gasteiger partial charge in [-0.3, -0.25) is 9.59 Å². The lowest BCUT2D eigenvalue weighted by Gasteiger charge is -2.51. The minimum Gasteiger partial charge on any atom is -0.481 e. The second-order valence-corrected chi connectivity index (χ2v) is 11.4. The monoisotopic (exact) mass is 594 g/mol. The Balaban J connectivity index is 1.54. The number of hydrogen-bond acceptors (Lipinski definition) is 14. The first-order chi connectivity index (χ1) is 19.4. The molecule has 2 saturated carbocycles. The van der Waals surface area contributed by atoms with Crippen LogP contribution in [0.25, 0.3) is 0 Å². The van der Waals surface area contributed by atoms with E-state index >= 15 is 0 Å². The Morgan fingerprint density at radius 1 is 0.780 bits per heavy atom. The van der Waals surface area contributed by atoms with Gasteiger partial charge in [-0.15, -0.1) is 0 Å². The van der Waals surface area contributed by atoms with Crippen LogP contribution in [0, 0.1) is 11.8 Å². The molecule has 0 bridgehead atoms. The quantitative estimate of drug-likeness (QED) is 0.106. The third-order valence-electron chi connectivity index (χ3n) is 8.78. The summed E-state index contributed by atoms with van der Waals surface area (Å²) in [5.41, 5.74) is 0. The van der Waals surface area contributed by atoms with Gasteiger partial charge < -0.3 is 64.2 Å². The van der Waals surface area contributed by atoms with Crippen molar-refractivity contribution in [2.45, 2.75) is 118 Å². The maximum Gasteiger partial charge on any atom is 0.317 e. The second kappa shape index (κ2) is 13.9. The molecule has 0 spiro atoms. The van der Waals surface area contributed by atoms with Gasteiger partial charge in [0.05, 0.1) is 42.7 Å². The van der Waals surface area contributed by atoms with E-state index in [0.29, 0.717) is 19.3 Å². The highest BCUT2D eigenvalue weighted by Crippen LogP contribution is 2.44. The molecule has 13 unspecified atom stereocenters. The fourth-order valence-corrected chi connectivity index (χ4v) is 6.58. The average Bonchev–Trinajstić information content (AvgIpc) is 2.92. The number of ether oxygens (including phenoxy) is 6. The molecule has 0 aromatic rings. The summed E-state index contributed by atoms with van der Waals surface area (Å²) in [4.78, 5) is 22.4. The molecule has 0 aromatic heterocycles. The summed E-state index contributed by atoms with van der Waals surface area (Å²) >= 11 is 0. The van der Waals surface area contributed by atoms with Crippen LogP contribution < -0.4 is 0 Å². The van der Waals surface area contributed by atoms with Crippen molar-refractivity contribution in [2.75, 3.05) is 20.8 Å². The SMILES string of the molecule is COC1CC(C2OC3CC(O)CC(O)C3CC2OC2OC(COC(=O)CC(=O)O)C(O)C(O)C2O)CC(OC)C1O. The van der Waals surface area contributed by atoms with Crippen molar-refractivity contribution >= 4 is 11.9 Å². The number of carbonyl (C=O) groups is 2. The molecular formula is C26H42O15. The Morgan fingerprint density at radius 2 is 1.44 bits per heavy atom. The van der Waals surface area contributed by atoms with E-state index in [4.69, 9.17) is 33.5 Å². The molecule has 2 heterocycles. The molecule has 2 aliphatic heterocycles. The van der Waals surface area contributed by atoms with Crippen LogP contribution in [0.15, 0.2) is 0 Å². The number of aliphatic hydroxyl groups is 6. The molecule has 13 atom stereocenters. The highest BCUT2D eigenvalue weighted by atomic mass is 16.7. The van der Waals surface area contributed by atoms with Crippen molar-refractivity contribution in [3.8, 4) is 0 Å². The number of hydrogen-bond donors (Lipinski definition) is 7. The number of methoxy groups -OCH3 is 2. The van der Waals surface area contributed by atoms with Gasteiger partial charge >= 0.3 is 11.9 Å². The summed E-state index contributed by atoms with van der Waals surface area (Å²) in [7, 11) is 2.95. The molecule has 236 valence electrons. The van der Waals surface area contributed by atoms with Crippen LogP contribution in [0.2, 0.25) is 0 Å². The highest BCUT2D eigenvalue weighted by Gasteiger charge is 2.53. The van der Waals surface area contributed by atoms with Gasteiger partial charge in [0, 0.05) is 20.1 Å². The van der Waals surface area contributed by atoms with E-state index in [1.165, 1.54) is 14.2 Å². The van der Waals surface area contributed by atoms with Gasteiger partial charge in [-0.1, -0.05) is 0 Å². The van der Waals surface area contributed by atoms with Gasteiger partial charge in [0.1, 0.15) is 43.5 Å². The van der Waals surface area contributed by atoms with Gasteiger partial charge in [0.25, 0.3) is 0 Å². The number of rotatable bonds is 9. The Morgan fingerprint density at radius 3 is 2.05 bits per heavy atom. The van der Waals surface area contributed by atoms with Crippen LogP contribution in [0.3, 0.4) is 0 Å². The first-order valence-electron chi connectivity index (χ1n) is 13.9. The van der Waals surface area contributed by atoms with Crippen molar-refractivity contribution < 1.29 is 73.8 Å². The molecule has 4 fully saturated rings. The Hall–Kier alpha value is -1.50. The molecule has 2 saturated heterocycles. The lowest BCUT2D eigenvalue weighted by Crippen LogP contribution is -2.62. The van der Waals surface area contributed by atoms with Crippen molar-refractivity contribution in [3.63, 3.8) is 0 Å². The van der Waals surface area contributed by atoms with Crippen LogP contribution in [-0.4, -0.2) is 148 Å². The van der Waals surface area contributed by atoms with E-state index in [-0.39, 0.29) is 18.8 Å². The molecule has 15 nitrogen and oxygen atoms in total.